The molecule has 0 aromatic carbocycles. The van der Waals surface area contributed by atoms with Crippen molar-refractivity contribution in [3.63, 3.8) is 0 Å². The van der Waals surface area contributed by atoms with E-state index in [0.29, 0.717) is 53.7 Å². The first-order valence-corrected chi connectivity index (χ1v) is 12.5. The Morgan fingerprint density at radius 3 is 2.65 bits per heavy atom. The van der Waals surface area contributed by atoms with E-state index < -0.39 is 18.1 Å². The lowest BCUT2D eigenvalue weighted by atomic mass is 9.94. The number of fused-ring (bicyclic) bond motifs is 1. The highest BCUT2D eigenvalue weighted by molar-refractivity contribution is 5.95. The maximum absolute atomic E-state index is 13.4. The van der Waals surface area contributed by atoms with Gasteiger partial charge in [0.15, 0.2) is 0 Å². The molecule has 3 aliphatic rings. The Balaban J connectivity index is 1.16. The van der Waals surface area contributed by atoms with E-state index in [2.05, 4.69) is 20.4 Å². The second-order valence-corrected chi connectivity index (χ2v) is 9.96. The van der Waals surface area contributed by atoms with Crippen LogP contribution in [0.5, 0.6) is 0 Å². The molecule has 12 heteroatoms. The van der Waals surface area contributed by atoms with Crippen LogP contribution in [0.15, 0.2) is 36.7 Å². The lowest BCUT2D eigenvalue weighted by Crippen LogP contribution is -2.48. The third-order valence-corrected chi connectivity index (χ3v) is 7.26. The van der Waals surface area contributed by atoms with Crippen molar-refractivity contribution in [2.45, 2.75) is 56.4 Å². The largest absolute Gasteiger partial charge is 0.408 e. The Kier molecular flexibility index (Phi) is 5.76. The van der Waals surface area contributed by atoms with Gasteiger partial charge in [-0.3, -0.25) is 19.3 Å². The summed E-state index contributed by atoms with van der Waals surface area (Å²) in [5.74, 6) is -0.108. The number of halogens is 3. The number of pyridine rings is 2. The fourth-order valence-corrected chi connectivity index (χ4v) is 5.13. The molecule has 2 aliphatic heterocycles. The number of hydrogen-bond donors (Lipinski definition) is 1. The van der Waals surface area contributed by atoms with Gasteiger partial charge in [-0.25, -0.2) is 4.98 Å². The summed E-state index contributed by atoms with van der Waals surface area (Å²) in [4.78, 5) is 37.2. The highest BCUT2D eigenvalue weighted by Gasteiger charge is 2.47. The van der Waals surface area contributed by atoms with Gasteiger partial charge in [0.2, 0.25) is 5.91 Å². The quantitative estimate of drug-likeness (QED) is 0.544. The predicted octanol–water partition coefficient (Wildman–Crippen LogP) is 3.19. The smallest absolute Gasteiger partial charge is 0.367 e. The molecule has 0 unspecified atom stereocenters. The van der Waals surface area contributed by atoms with Gasteiger partial charge in [-0.1, -0.05) is 0 Å². The van der Waals surface area contributed by atoms with Crippen molar-refractivity contribution < 1.29 is 22.8 Å². The molecule has 0 bridgehead atoms. The van der Waals surface area contributed by atoms with Crippen LogP contribution in [0.25, 0.3) is 11.0 Å². The van der Waals surface area contributed by atoms with Gasteiger partial charge in [0, 0.05) is 49.6 Å². The number of amides is 2. The van der Waals surface area contributed by atoms with Gasteiger partial charge in [0.05, 0.1) is 11.2 Å². The van der Waals surface area contributed by atoms with Gasteiger partial charge in [-0.05, 0) is 49.9 Å². The van der Waals surface area contributed by atoms with E-state index >= 15 is 0 Å². The summed E-state index contributed by atoms with van der Waals surface area (Å²) >= 11 is 0. The molecule has 9 nitrogen and oxygen atoms in total. The molecule has 1 N–H and O–H groups in total. The number of likely N-dealkylation sites (tertiary alicyclic amines) is 2. The molecule has 194 valence electrons. The van der Waals surface area contributed by atoms with Crippen molar-refractivity contribution >= 4 is 28.7 Å². The van der Waals surface area contributed by atoms with Crippen molar-refractivity contribution in [3.05, 3.63) is 47.9 Å². The number of rotatable bonds is 6. The summed E-state index contributed by atoms with van der Waals surface area (Å²) < 4.78 is 41.5. The number of aromatic nitrogens is 4. The van der Waals surface area contributed by atoms with E-state index in [1.165, 1.54) is 4.68 Å². The fourth-order valence-electron chi connectivity index (χ4n) is 5.13. The maximum atomic E-state index is 13.4. The van der Waals surface area contributed by atoms with Crippen molar-refractivity contribution in [1.29, 1.82) is 0 Å². The van der Waals surface area contributed by atoms with Crippen LogP contribution in [0.1, 0.15) is 47.7 Å². The SMILES string of the molecule is O=C(c1ccnc(NC2CC2)c1)N1CC(c2nn(CC(=O)N3CCC[C@H]3C(F)(F)F)c3cccnc23)C1. The summed E-state index contributed by atoms with van der Waals surface area (Å²) in [7, 11) is 0. The molecule has 0 spiro atoms. The van der Waals surface area contributed by atoms with Crippen LogP contribution in [-0.2, 0) is 11.3 Å². The molecule has 1 atom stereocenters. The molecule has 1 saturated carbocycles. The van der Waals surface area contributed by atoms with E-state index in [1.54, 1.807) is 41.6 Å². The first kappa shape index (κ1) is 23.7. The first-order valence-electron chi connectivity index (χ1n) is 12.5. The first-order chi connectivity index (χ1) is 17.8. The van der Waals surface area contributed by atoms with Crippen LogP contribution in [-0.4, -0.2) is 79.3 Å². The molecule has 3 fully saturated rings. The standard InChI is InChI=1S/C25H26F3N7O2/c26-25(27,28)19-4-2-10-34(19)21(36)14-35-18-3-1-8-30-23(18)22(32-35)16-12-33(13-16)24(37)15-7-9-29-20(11-15)31-17-5-6-17/h1,3,7-9,11,16-17,19H,2,4-6,10,12-14H2,(H,29,31)/t19-/m0/s1. The molecular weight excluding hydrogens is 487 g/mol. The third kappa shape index (κ3) is 4.60. The Hall–Kier alpha value is -3.70. The molecule has 5 heterocycles. The van der Waals surface area contributed by atoms with Crippen LogP contribution < -0.4 is 5.32 Å². The summed E-state index contributed by atoms with van der Waals surface area (Å²) in [6, 6.07) is 5.59. The van der Waals surface area contributed by atoms with Gasteiger partial charge in [-0.2, -0.15) is 18.3 Å². The average Bonchev–Trinajstić information content (AvgIpc) is 3.37. The third-order valence-electron chi connectivity index (χ3n) is 7.26. The van der Waals surface area contributed by atoms with Crippen molar-refractivity contribution in [1.82, 2.24) is 29.5 Å². The summed E-state index contributed by atoms with van der Waals surface area (Å²) in [6.07, 6.45) is 1.25. The minimum Gasteiger partial charge on any atom is -0.367 e. The van der Waals surface area contributed by atoms with Gasteiger partial charge >= 0.3 is 6.18 Å². The summed E-state index contributed by atoms with van der Waals surface area (Å²) in [6.45, 7) is 0.661. The maximum Gasteiger partial charge on any atom is 0.408 e. The zero-order valence-electron chi connectivity index (χ0n) is 20.0. The Bertz CT molecular complexity index is 1350. The van der Waals surface area contributed by atoms with E-state index in [-0.39, 0.29) is 31.3 Å². The lowest BCUT2D eigenvalue weighted by Gasteiger charge is -2.38. The van der Waals surface area contributed by atoms with Crippen LogP contribution >= 0.6 is 0 Å². The molecule has 2 saturated heterocycles. The highest BCUT2D eigenvalue weighted by atomic mass is 19.4. The van der Waals surface area contributed by atoms with Gasteiger partial charge in [0.25, 0.3) is 5.91 Å². The van der Waals surface area contributed by atoms with Crippen molar-refractivity contribution in [2.75, 3.05) is 25.0 Å². The molecule has 37 heavy (non-hydrogen) atoms. The highest BCUT2D eigenvalue weighted by Crippen LogP contribution is 2.34. The van der Waals surface area contributed by atoms with E-state index in [0.717, 1.165) is 17.7 Å². The van der Waals surface area contributed by atoms with Crippen LogP contribution in [0.2, 0.25) is 0 Å². The monoisotopic (exact) mass is 513 g/mol. The fraction of sp³-hybridized carbons (Fsp3) is 0.480. The number of anilines is 1. The van der Waals surface area contributed by atoms with E-state index in [1.807, 2.05) is 0 Å². The van der Waals surface area contributed by atoms with Gasteiger partial charge < -0.3 is 15.1 Å². The number of alkyl halides is 3. The zero-order valence-corrected chi connectivity index (χ0v) is 20.0. The normalized spacial score (nSPS) is 20.4. The summed E-state index contributed by atoms with van der Waals surface area (Å²) in [5.41, 5.74) is 2.39. The van der Waals surface area contributed by atoms with Crippen LogP contribution in [0.3, 0.4) is 0 Å². The topological polar surface area (TPSA) is 96.2 Å². The van der Waals surface area contributed by atoms with E-state index in [9.17, 15) is 22.8 Å². The Labute approximate surface area is 210 Å². The van der Waals surface area contributed by atoms with Gasteiger partial charge in [-0.15, -0.1) is 0 Å². The van der Waals surface area contributed by atoms with Crippen LogP contribution in [0.4, 0.5) is 19.0 Å². The molecule has 3 aromatic heterocycles. The number of carbonyl (C=O) groups excluding carboxylic acids is 2. The van der Waals surface area contributed by atoms with Crippen molar-refractivity contribution in [2.24, 2.45) is 0 Å². The second-order valence-electron chi connectivity index (χ2n) is 9.96. The zero-order chi connectivity index (χ0) is 25.7. The lowest BCUT2D eigenvalue weighted by molar-refractivity contribution is -0.183. The van der Waals surface area contributed by atoms with Gasteiger partial charge in [0.1, 0.15) is 23.9 Å². The number of nitrogens with zero attached hydrogens (tertiary/aromatic N) is 6. The minimum atomic E-state index is -4.45. The molecule has 6 rings (SSSR count). The van der Waals surface area contributed by atoms with E-state index in [4.69, 9.17) is 0 Å². The minimum absolute atomic E-state index is 0.0799. The Morgan fingerprint density at radius 1 is 1.08 bits per heavy atom. The molecule has 3 aromatic rings. The molecule has 1 aliphatic carbocycles. The van der Waals surface area contributed by atoms with Crippen molar-refractivity contribution in [3.8, 4) is 0 Å². The summed E-state index contributed by atoms with van der Waals surface area (Å²) in [5, 5.41) is 7.89. The Morgan fingerprint density at radius 2 is 1.89 bits per heavy atom. The predicted molar refractivity (Wildman–Crippen MR) is 128 cm³/mol. The van der Waals surface area contributed by atoms with Crippen LogP contribution in [0, 0.1) is 0 Å². The molecule has 2 amide bonds. The molecular formula is C25H26F3N7O2. The number of nitrogens with one attached hydrogen (secondary N) is 1. The number of carbonyl (C=O) groups is 2. The molecule has 0 radical (unpaired) electrons. The average molecular weight is 514 g/mol. The number of hydrogen-bond acceptors (Lipinski definition) is 6. The second kappa shape index (κ2) is 9.00.